The van der Waals surface area contributed by atoms with Crippen LogP contribution in [0.25, 0.3) is 33.4 Å². The van der Waals surface area contributed by atoms with Crippen LogP contribution in [0.3, 0.4) is 0 Å². The molecule has 3 amide bonds. The van der Waals surface area contributed by atoms with Crippen molar-refractivity contribution in [1.82, 2.24) is 40.1 Å². The van der Waals surface area contributed by atoms with E-state index in [-0.39, 0.29) is 36.8 Å². The molecule has 7 heterocycles. The molecular weight excluding hydrogens is 831 g/mol. The van der Waals surface area contributed by atoms with Crippen LogP contribution in [0.5, 0.6) is 0 Å². The summed E-state index contributed by atoms with van der Waals surface area (Å²) in [6.07, 6.45) is 4.37. The SMILES string of the molecule is CO[C@@H](C)c1ncc(N2CCN(C)CC2)cc1-c1c2c3cc(ccc3n1CCOC(C)C)-c1csc(n1)[C@@H](C)[C@H](NC(=O)N1CC[C@H]1C)C(=O)N1CCC[C@H](N1)C(=O)OCC(C)(C)C2. The molecule has 6 bridgehead atoms. The Balaban J connectivity index is 1.30. The molecule has 4 aromatic rings. The third-order valence-electron chi connectivity index (χ3n) is 13.5. The van der Waals surface area contributed by atoms with E-state index >= 15 is 0 Å². The topological polar surface area (TPSA) is 147 Å². The first-order valence-electron chi connectivity index (χ1n) is 23.1. The molecule has 0 spiro atoms. The Hall–Kier alpha value is -4.61. The fourth-order valence-corrected chi connectivity index (χ4v) is 10.3. The van der Waals surface area contributed by atoms with Gasteiger partial charge in [-0.15, -0.1) is 11.3 Å². The third-order valence-corrected chi connectivity index (χ3v) is 14.6. The van der Waals surface area contributed by atoms with Crippen LogP contribution in [0.4, 0.5) is 10.5 Å². The minimum Gasteiger partial charge on any atom is -0.464 e. The Bertz CT molecular complexity index is 2340. The molecule has 4 aliphatic rings. The summed E-state index contributed by atoms with van der Waals surface area (Å²) in [5.41, 5.74) is 10.5. The normalized spacial score (nSPS) is 23.8. The number of aromatic nitrogens is 3. The smallest absolute Gasteiger partial charge is 0.324 e. The van der Waals surface area contributed by atoms with E-state index in [1.54, 1.807) is 12.0 Å². The summed E-state index contributed by atoms with van der Waals surface area (Å²) < 4.78 is 20.9. The molecule has 1 aromatic carbocycles. The number of likely N-dealkylation sites (N-methyl/N-ethyl adjacent to an activating group) is 1. The summed E-state index contributed by atoms with van der Waals surface area (Å²) in [4.78, 5) is 59.0. The standard InChI is InChI=1S/C48H67N9O6S/c1-29(2)62-22-21-56-40-13-12-33-23-35(40)37(43(56)36-24-34(26-49-42(36)32(5)61-9)54-19-17-53(8)18-20-54)25-48(6,7)28-63-46(59)38-11-10-15-57(52-38)45(58)41(31(4)44-50-39(33)27-64-44)51-47(60)55-16-14-30(55)3/h12-13,23-24,26-27,29-32,38,41,52H,10-11,14-22,25,28H2,1-9H3,(H,51,60)/t30-,31+,32+,38+,41+/m1/s1. The predicted molar refractivity (Wildman–Crippen MR) is 250 cm³/mol. The van der Waals surface area contributed by atoms with Crippen LogP contribution in [0, 0.1) is 5.41 Å². The van der Waals surface area contributed by atoms with Gasteiger partial charge in [0.1, 0.15) is 12.1 Å². The molecule has 8 rings (SSSR count). The number of amides is 3. The molecule has 346 valence electrons. The summed E-state index contributed by atoms with van der Waals surface area (Å²) in [6, 6.07) is 7.01. The highest BCUT2D eigenvalue weighted by Gasteiger charge is 2.40. The fourth-order valence-electron chi connectivity index (χ4n) is 9.40. The Morgan fingerprint density at radius 3 is 2.55 bits per heavy atom. The number of fused-ring (bicyclic) bond motifs is 6. The van der Waals surface area contributed by atoms with Gasteiger partial charge in [-0.25, -0.2) is 15.2 Å². The van der Waals surface area contributed by atoms with Gasteiger partial charge in [-0.2, -0.15) is 0 Å². The molecule has 5 atom stereocenters. The third kappa shape index (κ3) is 9.53. The zero-order valence-corrected chi connectivity index (χ0v) is 39.9. The van der Waals surface area contributed by atoms with Gasteiger partial charge in [-0.3, -0.25) is 19.6 Å². The zero-order chi connectivity index (χ0) is 45.4. The maximum Gasteiger partial charge on any atom is 0.324 e. The van der Waals surface area contributed by atoms with E-state index in [1.165, 1.54) is 16.3 Å². The average molecular weight is 898 g/mol. The number of carbonyl (C=O) groups excluding carboxylic acids is 3. The largest absolute Gasteiger partial charge is 0.464 e. The van der Waals surface area contributed by atoms with Gasteiger partial charge in [0.15, 0.2) is 0 Å². The number of esters is 1. The van der Waals surface area contributed by atoms with Gasteiger partial charge in [0.25, 0.3) is 5.91 Å². The van der Waals surface area contributed by atoms with Crippen molar-refractivity contribution >= 4 is 45.8 Å². The Morgan fingerprint density at radius 2 is 1.84 bits per heavy atom. The molecule has 15 nitrogen and oxygen atoms in total. The second kappa shape index (κ2) is 19.1. The van der Waals surface area contributed by atoms with Gasteiger partial charge in [-0.1, -0.05) is 26.8 Å². The van der Waals surface area contributed by atoms with Crippen LogP contribution < -0.4 is 15.6 Å². The lowest BCUT2D eigenvalue weighted by Crippen LogP contribution is -2.63. The number of hydrogen-bond donors (Lipinski definition) is 2. The number of thiazole rings is 1. The van der Waals surface area contributed by atoms with Crippen LogP contribution in [0.15, 0.2) is 35.8 Å². The minimum atomic E-state index is -0.919. The molecule has 3 aromatic heterocycles. The highest BCUT2D eigenvalue weighted by molar-refractivity contribution is 7.10. The summed E-state index contributed by atoms with van der Waals surface area (Å²) in [6.45, 7) is 20.4. The first kappa shape index (κ1) is 45.9. The molecule has 4 aliphatic heterocycles. The highest BCUT2D eigenvalue weighted by atomic mass is 32.1. The van der Waals surface area contributed by atoms with Crippen LogP contribution in [-0.2, 0) is 36.8 Å². The van der Waals surface area contributed by atoms with Gasteiger partial charge in [0.05, 0.1) is 59.4 Å². The monoisotopic (exact) mass is 897 g/mol. The van der Waals surface area contributed by atoms with E-state index in [9.17, 15) is 14.4 Å². The van der Waals surface area contributed by atoms with Crippen molar-refractivity contribution in [2.45, 2.75) is 117 Å². The van der Waals surface area contributed by atoms with Crippen LogP contribution in [0.1, 0.15) is 96.0 Å². The average Bonchev–Trinajstić information content (AvgIpc) is 3.89. The van der Waals surface area contributed by atoms with Gasteiger partial charge in [0.2, 0.25) is 0 Å². The number of likely N-dealkylation sites (tertiary alicyclic amines) is 1. The van der Waals surface area contributed by atoms with Crippen molar-refractivity contribution in [3.8, 4) is 22.5 Å². The molecule has 0 unspecified atom stereocenters. The molecule has 0 saturated carbocycles. The van der Waals surface area contributed by atoms with E-state index < -0.39 is 29.4 Å². The molecule has 64 heavy (non-hydrogen) atoms. The number of nitrogens with one attached hydrogen (secondary N) is 2. The number of nitrogens with zero attached hydrogens (tertiary/aromatic N) is 7. The highest BCUT2D eigenvalue weighted by Crippen LogP contribution is 2.43. The van der Waals surface area contributed by atoms with Crippen LogP contribution in [-0.4, -0.2) is 138 Å². The second-order valence-corrected chi connectivity index (χ2v) is 20.2. The predicted octanol–water partition coefficient (Wildman–Crippen LogP) is 6.61. The summed E-state index contributed by atoms with van der Waals surface area (Å²) in [7, 11) is 3.89. The van der Waals surface area contributed by atoms with Crippen molar-refractivity contribution < 1.29 is 28.6 Å². The Morgan fingerprint density at radius 1 is 1.06 bits per heavy atom. The van der Waals surface area contributed by atoms with E-state index in [4.69, 9.17) is 24.2 Å². The number of hydrogen-bond acceptors (Lipinski definition) is 12. The number of urea groups is 1. The minimum absolute atomic E-state index is 0.0572. The molecule has 3 fully saturated rings. The van der Waals surface area contributed by atoms with Gasteiger partial charge in [-0.05, 0) is 84.2 Å². The lowest BCUT2D eigenvalue weighted by atomic mass is 9.84. The number of rotatable bonds is 9. The fraction of sp³-hybridized carbons (Fsp3) is 0.604. The maximum atomic E-state index is 14.5. The number of methoxy groups -OCH3 is 1. The number of cyclic esters (lactones) is 1. The lowest BCUT2D eigenvalue weighted by Gasteiger charge is -2.41. The van der Waals surface area contributed by atoms with Crippen molar-refractivity contribution in [2.75, 3.05) is 71.5 Å². The van der Waals surface area contributed by atoms with E-state index in [0.717, 1.165) is 88.0 Å². The van der Waals surface area contributed by atoms with Crippen molar-refractivity contribution in [3.63, 3.8) is 0 Å². The van der Waals surface area contributed by atoms with Crippen molar-refractivity contribution in [1.29, 1.82) is 0 Å². The Kier molecular flexibility index (Phi) is 13.7. The zero-order valence-electron chi connectivity index (χ0n) is 39.1. The molecule has 2 N–H and O–H groups in total. The quantitative estimate of drug-likeness (QED) is 0.175. The van der Waals surface area contributed by atoms with Gasteiger partial charge < -0.3 is 38.8 Å². The molecule has 0 radical (unpaired) electrons. The second-order valence-electron chi connectivity index (χ2n) is 19.3. The first-order valence-corrected chi connectivity index (χ1v) is 24.0. The number of pyridine rings is 1. The summed E-state index contributed by atoms with van der Waals surface area (Å²) in [5, 5.41) is 8.42. The molecule has 3 saturated heterocycles. The number of anilines is 1. The van der Waals surface area contributed by atoms with Crippen molar-refractivity contribution in [2.24, 2.45) is 5.41 Å². The summed E-state index contributed by atoms with van der Waals surface area (Å²) in [5.74, 6) is -1.18. The van der Waals surface area contributed by atoms with E-state index in [0.29, 0.717) is 45.5 Å². The van der Waals surface area contributed by atoms with Crippen molar-refractivity contribution in [3.05, 3.63) is 52.1 Å². The van der Waals surface area contributed by atoms with E-state index in [2.05, 4.69) is 84.1 Å². The first-order chi connectivity index (χ1) is 30.6. The van der Waals surface area contributed by atoms with Gasteiger partial charge >= 0.3 is 12.0 Å². The maximum absolute atomic E-state index is 14.5. The number of benzene rings is 1. The van der Waals surface area contributed by atoms with E-state index in [1.807, 2.05) is 32.3 Å². The number of hydrazine groups is 1. The molecular formula is C48H67N9O6S. The molecule has 0 aliphatic carbocycles. The summed E-state index contributed by atoms with van der Waals surface area (Å²) >= 11 is 1.48. The van der Waals surface area contributed by atoms with Crippen LogP contribution >= 0.6 is 11.3 Å². The lowest BCUT2D eigenvalue weighted by molar-refractivity contribution is -0.155. The Labute approximate surface area is 381 Å². The van der Waals surface area contributed by atoms with Gasteiger partial charge in [0, 0.05) is 97.7 Å². The number of piperazine rings is 1. The van der Waals surface area contributed by atoms with Crippen LogP contribution in [0.2, 0.25) is 0 Å². The number of ether oxygens (including phenoxy) is 3. The number of carbonyl (C=O) groups is 3. The molecule has 16 heteroatoms.